The molecule has 3 rings (SSSR count). The van der Waals surface area contributed by atoms with Crippen molar-refractivity contribution >= 4 is 17.6 Å². The highest BCUT2D eigenvalue weighted by molar-refractivity contribution is 5.90. The SMILES string of the molecule is CN=C(NCc1cccc(NC(=O)CCN2CCOCC2)c1)N1CC(C)CC(C)C1. The van der Waals surface area contributed by atoms with Crippen molar-refractivity contribution in [2.45, 2.75) is 33.2 Å². The van der Waals surface area contributed by atoms with E-state index in [4.69, 9.17) is 4.74 Å². The molecule has 30 heavy (non-hydrogen) atoms. The summed E-state index contributed by atoms with van der Waals surface area (Å²) in [4.78, 5) is 21.5. The quantitative estimate of drug-likeness (QED) is 0.552. The van der Waals surface area contributed by atoms with Gasteiger partial charge in [0, 0.05) is 58.4 Å². The lowest BCUT2D eigenvalue weighted by Gasteiger charge is -2.37. The normalized spacial score (nSPS) is 23.3. The first-order valence-corrected chi connectivity index (χ1v) is 11.2. The van der Waals surface area contributed by atoms with Gasteiger partial charge in [-0.1, -0.05) is 26.0 Å². The number of carbonyl (C=O) groups is 1. The number of hydrogen-bond acceptors (Lipinski definition) is 4. The van der Waals surface area contributed by atoms with Gasteiger partial charge in [-0.2, -0.15) is 0 Å². The third-order valence-corrected chi connectivity index (χ3v) is 5.80. The number of aliphatic imine (C=N–C) groups is 1. The van der Waals surface area contributed by atoms with Gasteiger partial charge < -0.3 is 20.3 Å². The van der Waals surface area contributed by atoms with Gasteiger partial charge in [-0.15, -0.1) is 0 Å². The highest BCUT2D eigenvalue weighted by atomic mass is 16.5. The Morgan fingerprint density at radius 2 is 1.93 bits per heavy atom. The zero-order valence-electron chi connectivity index (χ0n) is 18.7. The standard InChI is InChI=1S/C23H37N5O2/c1-18-13-19(2)17-28(16-18)23(24-3)25-15-20-5-4-6-21(14-20)26-22(29)7-8-27-9-11-30-12-10-27/h4-6,14,18-19H,7-13,15-17H2,1-3H3,(H,24,25)(H,26,29). The summed E-state index contributed by atoms with van der Waals surface area (Å²) >= 11 is 0. The molecule has 2 unspecified atom stereocenters. The topological polar surface area (TPSA) is 69.2 Å². The number of nitrogens with one attached hydrogen (secondary N) is 2. The molecule has 2 N–H and O–H groups in total. The van der Waals surface area contributed by atoms with E-state index in [0.717, 1.165) is 63.1 Å². The van der Waals surface area contributed by atoms with Crippen LogP contribution in [0.5, 0.6) is 0 Å². The fourth-order valence-corrected chi connectivity index (χ4v) is 4.42. The van der Waals surface area contributed by atoms with Gasteiger partial charge in [0.05, 0.1) is 13.2 Å². The molecule has 1 aromatic carbocycles. The molecular formula is C23H37N5O2. The molecule has 1 aromatic rings. The molecule has 166 valence electrons. The van der Waals surface area contributed by atoms with Crippen LogP contribution in [0, 0.1) is 11.8 Å². The average molecular weight is 416 g/mol. The third-order valence-electron chi connectivity index (χ3n) is 5.80. The first-order valence-electron chi connectivity index (χ1n) is 11.2. The van der Waals surface area contributed by atoms with E-state index in [1.165, 1.54) is 6.42 Å². The number of anilines is 1. The molecule has 0 spiro atoms. The van der Waals surface area contributed by atoms with Gasteiger partial charge >= 0.3 is 0 Å². The van der Waals surface area contributed by atoms with Crippen molar-refractivity contribution in [3.05, 3.63) is 29.8 Å². The minimum Gasteiger partial charge on any atom is -0.379 e. The number of morpholine rings is 1. The summed E-state index contributed by atoms with van der Waals surface area (Å²) in [6.45, 7) is 11.5. The fraction of sp³-hybridized carbons (Fsp3) is 0.652. The first-order chi connectivity index (χ1) is 14.5. The maximum Gasteiger partial charge on any atom is 0.225 e. The Balaban J connectivity index is 1.47. The molecule has 7 heteroatoms. The maximum absolute atomic E-state index is 12.3. The molecule has 0 radical (unpaired) electrons. The fourth-order valence-electron chi connectivity index (χ4n) is 4.42. The second kappa shape index (κ2) is 11.3. The van der Waals surface area contributed by atoms with Crippen LogP contribution in [0.2, 0.25) is 0 Å². The van der Waals surface area contributed by atoms with E-state index < -0.39 is 0 Å². The molecule has 0 saturated carbocycles. The smallest absolute Gasteiger partial charge is 0.225 e. The lowest BCUT2D eigenvalue weighted by atomic mass is 9.92. The number of piperidine rings is 1. The van der Waals surface area contributed by atoms with Gasteiger partial charge in [0.25, 0.3) is 0 Å². The minimum absolute atomic E-state index is 0.0544. The van der Waals surface area contributed by atoms with Crippen molar-refractivity contribution in [1.29, 1.82) is 0 Å². The number of benzene rings is 1. The molecule has 2 atom stereocenters. The van der Waals surface area contributed by atoms with Crippen LogP contribution < -0.4 is 10.6 Å². The Bertz CT molecular complexity index is 707. The summed E-state index contributed by atoms with van der Waals surface area (Å²) in [6.07, 6.45) is 1.78. The van der Waals surface area contributed by atoms with Crippen LogP contribution in [0.1, 0.15) is 32.3 Å². The number of amides is 1. The van der Waals surface area contributed by atoms with Gasteiger partial charge in [-0.3, -0.25) is 14.7 Å². The van der Waals surface area contributed by atoms with Crippen LogP contribution >= 0.6 is 0 Å². The van der Waals surface area contributed by atoms with Crippen molar-refractivity contribution in [2.75, 3.05) is 58.3 Å². The predicted molar refractivity (Wildman–Crippen MR) is 122 cm³/mol. The Kier molecular flexibility index (Phi) is 8.51. The van der Waals surface area contributed by atoms with E-state index >= 15 is 0 Å². The number of likely N-dealkylation sites (tertiary alicyclic amines) is 1. The molecule has 7 nitrogen and oxygen atoms in total. The van der Waals surface area contributed by atoms with E-state index in [9.17, 15) is 4.79 Å². The molecular weight excluding hydrogens is 378 g/mol. The average Bonchev–Trinajstić information content (AvgIpc) is 2.73. The molecule has 0 bridgehead atoms. The van der Waals surface area contributed by atoms with E-state index in [2.05, 4.69) is 45.3 Å². The van der Waals surface area contributed by atoms with Gasteiger partial charge in [0.2, 0.25) is 5.91 Å². The Hall–Kier alpha value is -2.12. The lowest BCUT2D eigenvalue weighted by Crippen LogP contribution is -2.48. The molecule has 2 saturated heterocycles. The van der Waals surface area contributed by atoms with Crippen molar-refractivity contribution in [2.24, 2.45) is 16.8 Å². The van der Waals surface area contributed by atoms with Crippen molar-refractivity contribution in [1.82, 2.24) is 15.1 Å². The summed E-state index contributed by atoms with van der Waals surface area (Å²) in [5.74, 6) is 2.37. The lowest BCUT2D eigenvalue weighted by molar-refractivity contribution is -0.116. The number of guanidine groups is 1. The van der Waals surface area contributed by atoms with Crippen molar-refractivity contribution in [3.8, 4) is 0 Å². The maximum atomic E-state index is 12.3. The zero-order chi connectivity index (χ0) is 21.3. The molecule has 2 aliphatic rings. The largest absolute Gasteiger partial charge is 0.379 e. The van der Waals surface area contributed by atoms with Crippen LogP contribution in [0.3, 0.4) is 0 Å². The minimum atomic E-state index is 0.0544. The molecule has 0 aliphatic carbocycles. The van der Waals surface area contributed by atoms with E-state index in [1.807, 2.05) is 25.2 Å². The second-order valence-electron chi connectivity index (χ2n) is 8.70. The van der Waals surface area contributed by atoms with Gasteiger partial charge in [-0.05, 0) is 36.0 Å². The van der Waals surface area contributed by atoms with Gasteiger partial charge in [0.1, 0.15) is 0 Å². The third kappa shape index (κ3) is 6.99. The van der Waals surface area contributed by atoms with E-state index in [-0.39, 0.29) is 5.91 Å². The highest BCUT2D eigenvalue weighted by Gasteiger charge is 2.23. The van der Waals surface area contributed by atoms with E-state index in [1.54, 1.807) is 0 Å². The Labute approximate surface area is 180 Å². The number of ether oxygens (including phenoxy) is 1. The molecule has 0 aromatic heterocycles. The van der Waals surface area contributed by atoms with Crippen LogP contribution in [-0.2, 0) is 16.1 Å². The summed E-state index contributed by atoms with van der Waals surface area (Å²) in [6, 6.07) is 8.04. The predicted octanol–water partition coefficient (Wildman–Crippen LogP) is 2.40. The number of hydrogen-bond donors (Lipinski definition) is 2. The second-order valence-corrected chi connectivity index (χ2v) is 8.70. The zero-order valence-corrected chi connectivity index (χ0v) is 18.7. The summed E-state index contributed by atoms with van der Waals surface area (Å²) in [5, 5.41) is 6.52. The van der Waals surface area contributed by atoms with Gasteiger partial charge in [0.15, 0.2) is 5.96 Å². The van der Waals surface area contributed by atoms with Gasteiger partial charge in [-0.25, -0.2) is 0 Å². The molecule has 2 heterocycles. The van der Waals surface area contributed by atoms with Crippen LogP contribution in [0.4, 0.5) is 5.69 Å². The van der Waals surface area contributed by atoms with Crippen LogP contribution in [0.15, 0.2) is 29.3 Å². The van der Waals surface area contributed by atoms with Crippen LogP contribution in [0.25, 0.3) is 0 Å². The Morgan fingerprint density at radius 3 is 2.63 bits per heavy atom. The first kappa shape index (κ1) is 22.6. The Morgan fingerprint density at radius 1 is 1.20 bits per heavy atom. The molecule has 2 fully saturated rings. The number of nitrogens with zero attached hydrogens (tertiary/aromatic N) is 3. The molecule has 1 amide bonds. The molecule has 2 aliphatic heterocycles. The summed E-state index contributed by atoms with van der Waals surface area (Å²) < 4.78 is 5.35. The highest BCUT2D eigenvalue weighted by Crippen LogP contribution is 2.21. The van der Waals surface area contributed by atoms with Crippen molar-refractivity contribution in [3.63, 3.8) is 0 Å². The summed E-state index contributed by atoms with van der Waals surface area (Å²) in [5.41, 5.74) is 1.97. The summed E-state index contributed by atoms with van der Waals surface area (Å²) in [7, 11) is 1.84. The van der Waals surface area contributed by atoms with E-state index in [0.29, 0.717) is 24.8 Å². The monoisotopic (exact) mass is 415 g/mol. The number of carbonyl (C=O) groups excluding carboxylic acids is 1. The van der Waals surface area contributed by atoms with Crippen molar-refractivity contribution < 1.29 is 9.53 Å². The van der Waals surface area contributed by atoms with Crippen LogP contribution in [-0.4, -0.2) is 74.7 Å². The number of rotatable bonds is 6.